The van der Waals surface area contributed by atoms with Crippen LogP contribution in [0.5, 0.6) is 0 Å². The van der Waals surface area contributed by atoms with E-state index >= 15 is 0 Å². The van der Waals surface area contributed by atoms with Gasteiger partial charge in [-0.05, 0) is 33.6 Å². The van der Waals surface area contributed by atoms with E-state index in [4.69, 9.17) is 4.74 Å². The molecule has 0 aromatic carbocycles. The van der Waals surface area contributed by atoms with Crippen LogP contribution in [0.15, 0.2) is 0 Å². The normalized spacial score (nSPS) is 18.7. The Balaban J connectivity index is 2.64. The number of esters is 1. The van der Waals surface area contributed by atoms with Gasteiger partial charge in [-0.2, -0.15) is 0 Å². The lowest BCUT2D eigenvalue weighted by Gasteiger charge is -2.41. The van der Waals surface area contributed by atoms with Crippen LogP contribution >= 0.6 is 0 Å². The SMILES string of the molecule is CC(C)C(=O)C1(CC(=O)OC(C)(C)C)CCC1. The molecule has 1 saturated carbocycles. The van der Waals surface area contributed by atoms with Crippen LogP contribution in [0.4, 0.5) is 0 Å². The molecule has 0 saturated heterocycles. The van der Waals surface area contributed by atoms with E-state index in [-0.39, 0.29) is 24.1 Å². The van der Waals surface area contributed by atoms with Gasteiger partial charge in [0.25, 0.3) is 0 Å². The van der Waals surface area contributed by atoms with Crippen LogP contribution in [0.25, 0.3) is 0 Å². The molecule has 0 aromatic heterocycles. The maximum atomic E-state index is 12.1. The Morgan fingerprint density at radius 1 is 1.24 bits per heavy atom. The molecular weight excluding hydrogens is 216 g/mol. The largest absolute Gasteiger partial charge is 0.460 e. The van der Waals surface area contributed by atoms with Crippen molar-refractivity contribution in [2.24, 2.45) is 11.3 Å². The highest BCUT2D eigenvalue weighted by molar-refractivity contribution is 5.91. The Morgan fingerprint density at radius 3 is 2.06 bits per heavy atom. The molecule has 0 aromatic rings. The van der Waals surface area contributed by atoms with Crippen molar-refractivity contribution in [2.75, 3.05) is 0 Å². The minimum atomic E-state index is -0.469. The quantitative estimate of drug-likeness (QED) is 0.709. The molecular formula is C14H24O3. The van der Waals surface area contributed by atoms with Gasteiger partial charge in [-0.1, -0.05) is 20.3 Å². The molecule has 0 spiro atoms. The third-order valence-corrected chi connectivity index (χ3v) is 3.26. The molecule has 0 heterocycles. The molecule has 3 heteroatoms. The lowest BCUT2D eigenvalue weighted by atomic mass is 9.62. The molecule has 98 valence electrons. The van der Waals surface area contributed by atoms with Gasteiger partial charge in [0.15, 0.2) is 0 Å². The van der Waals surface area contributed by atoms with Crippen LogP contribution in [-0.2, 0) is 14.3 Å². The number of hydrogen-bond donors (Lipinski definition) is 0. The highest BCUT2D eigenvalue weighted by atomic mass is 16.6. The summed E-state index contributed by atoms with van der Waals surface area (Å²) in [7, 11) is 0. The average molecular weight is 240 g/mol. The zero-order chi connectivity index (χ0) is 13.3. The fraction of sp³-hybridized carbons (Fsp3) is 0.857. The van der Waals surface area contributed by atoms with E-state index in [1.807, 2.05) is 34.6 Å². The number of carbonyl (C=O) groups excluding carboxylic acids is 2. The van der Waals surface area contributed by atoms with Gasteiger partial charge in [0.05, 0.1) is 6.42 Å². The molecule has 3 nitrogen and oxygen atoms in total. The van der Waals surface area contributed by atoms with Crippen LogP contribution in [0.3, 0.4) is 0 Å². The van der Waals surface area contributed by atoms with Crippen molar-refractivity contribution in [2.45, 2.75) is 65.9 Å². The summed E-state index contributed by atoms with van der Waals surface area (Å²) in [5.41, 5.74) is -0.889. The lowest BCUT2D eigenvalue weighted by Crippen LogP contribution is -2.43. The van der Waals surface area contributed by atoms with Gasteiger partial charge in [-0.25, -0.2) is 0 Å². The second kappa shape index (κ2) is 4.79. The molecule has 0 radical (unpaired) electrons. The molecule has 0 N–H and O–H groups in total. The van der Waals surface area contributed by atoms with Crippen molar-refractivity contribution in [3.8, 4) is 0 Å². The van der Waals surface area contributed by atoms with Gasteiger partial charge < -0.3 is 4.74 Å². The summed E-state index contributed by atoms with van der Waals surface area (Å²) in [4.78, 5) is 24.0. The average Bonchev–Trinajstić information content (AvgIpc) is 2.07. The van der Waals surface area contributed by atoms with Crippen molar-refractivity contribution in [1.82, 2.24) is 0 Å². The summed E-state index contributed by atoms with van der Waals surface area (Å²) in [6.07, 6.45) is 2.97. The molecule has 1 aliphatic carbocycles. The van der Waals surface area contributed by atoms with Crippen LogP contribution in [-0.4, -0.2) is 17.4 Å². The van der Waals surface area contributed by atoms with Crippen LogP contribution in [0.2, 0.25) is 0 Å². The van der Waals surface area contributed by atoms with Crippen LogP contribution < -0.4 is 0 Å². The summed E-state index contributed by atoms with van der Waals surface area (Å²) >= 11 is 0. The van der Waals surface area contributed by atoms with Gasteiger partial charge >= 0.3 is 5.97 Å². The molecule has 0 atom stereocenters. The van der Waals surface area contributed by atoms with E-state index in [1.54, 1.807) is 0 Å². The van der Waals surface area contributed by atoms with E-state index in [1.165, 1.54) is 0 Å². The van der Waals surface area contributed by atoms with E-state index in [2.05, 4.69) is 0 Å². The predicted octanol–water partition coefficient (Wildman–Crippen LogP) is 3.11. The van der Waals surface area contributed by atoms with Gasteiger partial charge in [0, 0.05) is 11.3 Å². The van der Waals surface area contributed by atoms with Crippen LogP contribution in [0.1, 0.15) is 60.3 Å². The van der Waals surface area contributed by atoms with E-state index < -0.39 is 11.0 Å². The molecule has 1 fully saturated rings. The summed E-state index contributed by atoms with van der Waals surface area (Å²) in [5, 5.41) is 0. The highest BCUT2D eigenvalue weighted by Crippen LogP contribution is 2.46. The molecule has 0 amide bonds. The number of carbonyl (C=O) groups is 2. The van der Waals surface area contributed by atoms with Crippen molar-refractivity contribution in [1.29, 1.82) is 0 Å². The molecule has 0 bridgehead atoms. The number of rotatable bonds is 4. The molecule has 0 aliphatic heterocycles. The van der Waals surface area contributed by atoms with E-state index in [0.717, 1.165) is 19.3 Å². The molecule has 17 heavy (non-hydrogen) atoms. The lowest BCUT2D eigenvalue weighted by molar-refractivity contribution is -0.163. The molecule has 1 aliphatic rings. The van der Waals surface area contributed by atoms with Crippen molar-refractivity contribution >= 4 is 11.8 Å². The number of ether oxygens (including phenoxy) is 1. The number of hydrogen-bond acceptors (Lipinski definition) is 3. The molecule has 1 rings (SSSR count). The number of ketones is 1. The summed E-state index contributed by atoms with van der Waals surface area (Å²) in [5.74, 6) is -0.0291. The second-order valence-electron chi connectivity index (χ2n) is 6.42. The zero-order valence-electron chi connectivity index (χ0n) is 11.6. The first-order valence-corrected chi connectivity index (χ1v) is 6.42. The first-order chi connectivity index (χ1) is 7.66. The Labute approximate surface area is 104 Å². The maximum Gasteiger partial charge on any atom is 0.307 e. The van der Waals surface area contributed by atoms with Crippen molar-refractivity contribution in [3.05, 3.63) is 0 Å². The van der Waals surface area contributed by atoms with Crippen molar-refractivity contribution in [3.63, 3.8) is 0 Å². The Kier molecular flexibility index (Phi) is 4.00. The minimum Gasteiger partial charge on any atom is -0.460 e. The predicted molar refractivity (Wildman–Crippen MR) is 66.6 cm³/mol. The third-order valence-electron chi connectivity index (χ3n) is 3.26. The Bertz CT molecular complexity index is 306. The fourth-order valence-electron chi connectivity index (χ4n) is 2.38. The maximum absolute atomic E-state index is 12.1. The second-order valence-corrected chi connectivity index (χ2v) is 6.42. The summed E-state index contributed by atoms with van der Waals surface area (Å²) in [6.45, 7) is 9.35. The van der Waals surface area contributed by atoms with Gasteiger partial charge in [0.2, 0.25) is 0 Å². The standard InChI is InChI=1S/C14H24O3/c1-10(2)12(16)14(7-6-8-14)9-11(15)17-13(3,4)5/h10H,6-9H2,1-5H3. The first-order valence-electron chi connectivity index (χ1n) is 6.42. The topological polar surface area (TPSA) is 43.4 Å². The summed E-state index contributed by atoms with van der Waals surface area (Å²) in [6, 6.07) is 0. The van der Waals surface area contributed by atoms with Crippen molar-refractivity contribution < 1.29 is 14.3 Å². The third kappa shape index (κ3) is 3.55. The van der Waals surface area contributed by atoms with E-state index in [0.29, 0.717) is 0 Å². The van der Waals surface area contributed by atoms with Gasteiger partial charge in [0.1, 0.15) is 11.4 Å². The van der Waals surface area contributed by atoms with Gasteiger partial charge in [-0.15, -0.1) is 0 Å². The highest BCUT2D eigenvalue weighted by Gasteiger charge is 2.46. The zero-order valence-corrected chi connectivity index (χ0v) is 11.6. The smallest absolute Gasteiger partial charge is 0.307 e. The van der Waals surface area contributed by atoms with E-state index in [9.17, 15) is 9.59 Å². The monoisotopic (exact) mass is 240 g/mol. The van der Waals surface area contributed by atoms with Crippen LogP contribution in [0, 0.1) is 11.3 Å². The Hall–Kier alpha value is -0.860. The Morgan fingerprint density at radius 2 is 1.76 bits per heavy atom. The first kappa shape index (κ1) is 14.2. The van der Waals surface area contributed by atoms with Gasteiger partial charge in [-0.3, -0.25) is 9.59 Å². The number of Topliss-reactive ketones (excluding diaryl/α,β-unsaturated/α-hetero) is 1. The summed E-state index contributed by atoms with van der Waals surface area (Å²) < 4.78 is 5.31. The minimum absolute atomic E-state index is 0.00210. The fourth-order valence-corrected chi connectivity index (χ4v) is 2.38. The molecule has 0 unspecified atom stereocenters.